The maximum atomic E-state index is 12.7. The van der Waals surface area contributed by atoms with E-state index in [1.165, 1.54) is 0 Å². The predicted molar refractivity (Wildman–Crippen MR) is 108 cm³/mol. The number of H-pyrrole nitrogens is 2. The summed E-state index contributed by atoms with van der Waals surface area (Å²) in [6.07, 6.45) is 2.80. The lowest BCUT2D eigenvalue weighted by Crippen LogP contribution is -2.10. The number of nitro groups is 2. The van der Waals surface area contributed by atoms with Crippen molar-refractivity contribution in [3.63, 3.8) is 0 Å². The van der Waals surface area contributed by atoms with E-state index in [2.05, 4.69) is 19.9 Å². The van der Waals surface area contributed by atoms with Crippen LogP contribution in [0.3, 0.4) is 0 Å². The average molecular weight is 402 g/mol. The number of pyridine rings is 1. The first-order valence-corrected chi connectivity index (χ1v) is 8.66. The van der Waals surface area contributed by atoms with Crippen LogP contribution in [0.1, 0.15) is 0 Å². The third kappa shape index (κ3) is 2.42. The van der Waals surface area contributed by atoms with E-state index in [1.54, 1.807) is 6.20 Å². The van der Waals surface area contributed by atoms with Gasteiger partial charge in [0.2, 0.25) is 0 Å². The Morgan fingerprint density at radius 3 is 2.50 bits per heavy atom. The highest BCUT2D eigenvalue weighted by molar-refractivity contribution is 6.13. The van der Waals surface area contributed by atoms with Crippen molar-refractivity contribution >= 4 is 44.1 Å². The zero-order chi connectivity index (χ0) is 21.0. The monoisotopic (exact) mass is 402 g/mol. The Morgan fingerprint density at radius 1 is 0.933 bits per heavy atom. The van der Waals surface area contributed by atoms with Crippen LogP contribution in [0.15, 0.2) is 53.7 Å². The van der Waals surface area contributed by atoms with E-state index < -0.39 is 26.8 Å². The molecule has 30 heavy (non-hydrogen) atoms. The summed E-state index contributed by atoms with van der Waals surface area (Å²) in [6, 6.07) is 9.32. The van der Waals surface area contributed by atoms with Gasteiger partial charge in [0, 0.05) is 34.1 Å². The summed E-state index contributed by atoms with van der Waals surface area (Å²) in [5.74, 6) is 0. The molecule has 0 unspecified atom stereocenters. The van der Waals surface area contributed by atoms with Gasteiger partial charge >= 0.3 is 5.69 Å². The first kappa shape index (κ1) is 17.4. The quantitative estimate of drug-likeness (QED) is 0.265. The Morgan fingerprint density at radius 2 is 1.73 bits per heavy atom. The molecule has 0 amide bonds. The summed E-state index contributed by atoms with van der Waals surface area (Å²) in [7, 11) is 0. The summed E-state index contributed by atoms with van der Waals surface area (Å²) >= 11 is 0. The zero-order valence-electron chi connectivity index (χ0n) is 14.9. The molecule has 2 N–H and O–H groups in total. The minimum Gasteiger partial charge on any atom is -0.360 e. The summed E-state index contributed by atoms with van der Waals surface area (Å²) in [5, 5.41) is 23.9. The molecule has 2 aromatic carbocycles. The van der Waals surface area contributed by atoms with Gasteiger partial charge in [-0.05, 0) is 6.07 Å². The highest BCUT2D eigenvalue weighted by atomic mass is 16.6. The van der Waals surface area contributed by atoms with E-state index in [1.807, 2.05) is 24.3 Å². The van der Waals surface area contributed by atoms with Crippen molar-refractivity contribution in [2.45, 2.75) is 0 Å². The van der Waals surface area contributed by atoms with Crippen LogP contribution in [0.4, 0.5) is 11.4 Å². The molecule has 11 heteroatoms. The first-order valence-electron chi connectivity index (χ1n) is 8.66. The molecular formula is C19H10N6O5. The van der Waals surface area contributed by atoms with Crippen molar-refractivity contribution in [3.05, 3.63) is 79.5 Å². The number of nitro benzene ring substituents is 2. The first-order chi connectivity index (χ1) is 14.5. The molecule has 0 aliphatic heterocycles. The highest BCUT2D eigenvalue weighted by Crippen LogP contribution is 2.38. The van der Waals surface area contributed by atoms with Crippen LogP contribution in [0, 0.1) is 20.2 Å². The summed E-state index contributed by atoms with van der Waals surface area (Å²) in [6.45, 7) is 0. The number of fused-ring (bicyclic) bond motifs is 4. The number of hydrogen-bond donors (Lipinski definition) is 2. The lowest BCUT2D eigenvalue weighted by molar-refractivity contribution is -0.393. The van der Waals surface area contributed by atoms with Crippen molar-refractivity contribution < 1.29 is 9.85 Å². The molecule has 0 radical (unpaired) electrons. The molecule has 3 aromatic heterocycles. The molecule has 0 atom stereocenters. The summed E-state index contributed by atoms with van der Waals surface area (Å²) < 4.78 is 0. The van der Waals surface area contributed by atoms with Crippen LogP contribution < -0.4 is 5.56 Å². The molecule has 0 bridgehead atoms. The number of nitrogens with one attached hydrogen (secondary N) is 2. The average Bonchev–Trinajstić information content (AvgIpc) is 3.16. The van der Waals surface area contributed by atoms with E-state index >= 15 is 0 Å². The van der Waals surface area contributed by atoms with Gasteiger partial charge in [-0.25, -0.2) is 9.97 Å². The van der Waals surface area contributed by atoms with E-state index in [4.69, 9.17) is 0 Å². The Bertz CT molecular complexity index is 1590. The van der Waals surface area contributed by atoms with Crippen LogP contribution in [0.5, 0.6) is 0 Å². The summed E-state index contributed by atoms with van der Waals surface area (Å²) in [4.78, 5) is 48.3. The minimum absolute atomic E-state index is 0.0561. The van der Waals surface area contributed by atoms with Gasteiger partial charge in [0.15, 0.2) is 5.52 Å². The van der Waals surface area contributed by atoms with Crippen LogP contribution in [0.25, 0.3) is 44.0 Å². The van der Waals surface area contributed by atoms with Crippen molar-refractivity contribution in [1.29, 1.82) is 0 Å². The number of rotatable bonds is 3. The lowest BCUT2D eigenvalue weighted by atomic mass is 10.0. The van der Waals surface area contributed by atoms with Gasteiger partial charge in [0.1, 0.15) is 0 Å². The van der Waals surface area contributed by atoms with Gasteiger partial charge < -0.3 is 9.97 Å². The molecule has 146 valence electrons. The molecule has 5 rings (SSSR count). The van der Waals surface area contributed by atoms with E-state index in [0.717, 1.165) is 29.4 Å². The fourth-order valence-corrected chi connectivity index (χ4v) is 3.60. The number of aromatic amines is 2. The van der Waals surface area contributed by atoms with Gasteiger partial charge in [-0.3, -0.25) is 25.0 Å². The zero-order valence-corrected chi connectivity index (χ0v) is 14.9. The predicted octanol–water partition coefficient (Wildman–Crippen LogP) is 3.44. The number of nitrogens with zero attached hydrogens (tertiary/aromatic N) is 4. The second-order valence-corrected chi connectivity index (χ2v) is 6.54. The number of para-hydroxylation sites is 1. The van der Waals surface area contributed by atoms with Gasteiger partial charge in [-0.1, -0.05) is 18.2 Å². The Balaban J connectivity index is 2.03. The van der Waals surface area contributed by atoms with Crippen LogP contribution >= 0.6 is 0 Å². The maximum absolute atomic E-state index is 12.7. The third-order valence-corrected chi connectivity index (χ3v) is 4.90. The van der Waals surface area contributed by atoms with Crippen molar-refractivity contribution in [2.24, 2.45) is 0 Å². The lowest BCUT2D eigenvalue weighted by Gasteiger charge is -2.08. The molecule has 0 spiro atoms. The molecule has 11 nitrogen and oxygen atoms in total. The maximum Gasteiger partial charge on any atom is 0.302 e. The summed E-state index contributed by atoms with van der Waals surface area (Å²) in [5.41, 5.74) is 0.0191. The van der Waals surface area contributed by atoms with Gasteiger partial charge in [-0.15, -0.1) is 0 Å². The SMILES string of the molecule is O=c1[nH]cnc2c1c(-c1c[nH]c3ccccc13)nc1c([N+](=O)[O-])cc([N+](=O)[O-])cc12. The Kier molecular flexibility index (Phi) is 3.58. The van der Waals surface area contributed by atoms with Crippen molar-refractivity contribution in [1.82, 2.24) is 19.9 Å². The Hall–Kier alpha value is -4.67. The molecule has 3 heterocycles. The second kappa shape index (κ2) is 6.17. The fraction of sp³-hybridized carbons (Fsp3) is 0. The van der Waals surface area contributed by atoms with Gasteiger partial charge in [0.05, 0.1) is 38.8 Å². The smallest absolute Gasteiger partial charge is 0.302 e. The van der Waals surface area contributed by atoms with Crippen LogP contribution in [0.2, 0.25) is 0 Å². The molecule has 0 aliphatic rings. The number of benzene rings is 2. The van der Waals surface area contributed by atoms with E-state index in [0.29, 0.717) is 5.56 Å². The van der Waals surface area contributed by atoms with E-state index in [9.17, 15) is 25.0 Å². The molecule has 0 saturated carbocycles. The third-order valence-electron chi connectivity index (χ3n) is 4.90. The number of non-ortho nitro benzene ring substituents is 2. The van der Waals surface area contributed by atoms with E-state index in [-0.39, 0.29) is 27.5 Å². The standard InChI is InChI=1S/C19H10N6O5/c26-19-15-17(21-8-22-19)11-5-9(24(27)28)6-14(25(29)30)16(11)23-18(15)12-7-20-13-4-2-1-3-10(12)13/h1-8,20H,(H,21,22,26). The normalized spacial score (nSPS) is 11.3. The number of hydrogen-bond acceptors (Lipinski definition) is 7. The molecule has 5 aromatic rings. The highest BCUT2D eigenvalue weighted by Gasteiger charge is 2.25. The molecular weight excluding hydrogens is 392 g/mol. The topological polar surface area (TPSA) is 161 Å². The van der Waals surface area contributed by atoms with Crippen molar-refractivity contribution in [2.75, 3.05) is 0 Å². The fourth-order valence-electron chi connectivity index (χ4n) is 3.60. The van der Waals surface area contributed by atoms with Gasteiger partial charge in [0.25, 0.3) is 11.2 Å². The van der Waals surface area contributed by atoms with Crippen molar-refractivity contribution in [3.8, 4) is 11.3 Å². The van der Waals surface area contributed by atoms with Crippen LogP contribution in [-0.2, 0) is 0 Å². The largest absolute Gasteiger partial charge is 0.360 e. The van der Waals surface area contributed by atoms with Gasteiger partial charge in [-0.2, -0.15) is 0 Å². The molecule has 0 aliphatic carbocycles. The molecule has 0 saturated heterocycles. The Labute approximate surface area is 165 Å². The minimum atomic E-state index is -0.737. The molecule has 0 fully saturated rings. The van der Waals surface area contributed by atoms with Crippen LogP contribution in [-0.4, -0.2) is 29.8 Å². The number of aromatic nitrogens is 4. The second-order valence-electron chi connectivity index (χ2n) is 6.54.